The smallest absolute Gasteiger partial charge is 0.256 e. The fraction of sp³-hybridized carbons (Fsp3) is 0.100. The molecule has 4 rings (SSSR count). The Kier molecular flexibility index (Phi) is 4.91. The molecule has 4 aromatic rings. The van der Waals surface area contributed by atoms with Crippen LogP contribution >= 0.6 is 0 Å². The molecule has 0 aliphatic rings. The number of methoxy groups -OCH3 is 1. The second kappa shape index (κ2) is 7.53. The Bertz CT molecular complexity index is 1310. The van der Waals surface area contributed by atoms with Crippen LogP contribution in [-0.2, 0) is 16.6 Å². The van der Waals surface area contributed by atoms with Gasteiger partial charge >= 0.3 is 0 Å². The third-order valence-electron chi connectivity index (χ3n) is 4.45. The van der Waals surface area contributed by atoms with Gasteiger partial charge in [0.15, 0.2) is 5.82 Å². The van der Waals surface area contributed by atoms with Gasteiger partial charge in [-0.3, -0.25) is 9.36 Å². The Labute approximate surface area is 166 Å². The quantitative estimate of drug-likeness (QED) is 0.523. The van der Waals surface area contributed by atoms with Crippen LogP contribution in [0.1, 0.15) is 5.56 Å². The van der Waals surface area contributed by atoms with E-state index in [9.17, 15) is 13.2 Å². The SMILES string of the molecule is COc1ccc(CNS(=O)(=O)c2ccc3c(ccc(=O)n3-c3ccon3)c2)cc1. The van der Waals surface area contributed by atoms with E-state index in [1.54, 1.807) is 49.6 Å². The molecule has 0 aliphatic heterocycles. The monoisotopic (exact) mass is 411 g/mol. The molecule has 1 N–H and O–H groups in total. The minimum atomic E-state index is -3.75. The van der Waals surface area contributed by atoms with Gasteiger partial charge in [0.05, 0.1) is 17.5 Å². The van der Waals surface area contributed by atoms with Gasteiger partial charge in [0.1, 0.15) is 12.0 Å². The molecule has 2 heterocycles. The molecule has 0 saturated carbocycles. The van der Waals surface area contributed by atoms with Crippen molar-refractivity contribution in [2.75, 3.05) is 7.11 Å². The highest BCUT2D eigenvalue weighted by Gasteiger charge is 2.16. The Morgan fingerprint density at radius 3 is 2.55 bits per heavy atom. The average molecular weight is 411 g/mol. The molecule has 2 aromatic heterocycles. The first kappa shape index (κ1) is 18.9. The van der Waals surface area contributed by atoms with Crippen molar-refractivity contribution in [1.82, 2.24) is 14.4 Å². The molecule has 9 heteroatoms. The van der Waals surface area contributed by atoms with Crippen molar-refractivity contribution in [2.24, 2.45) is 0 Å². The van der Waals surface area contributed by atoms with Gasteiger partial charge in [0.2, 0.25) is 10.0 Å². The molecule has 0 fully saturated rings. The minimum absolute atomic E-state index is 0.101. The van der Waals surface area contributed by atoms with Gasteiger partial charge in [-0.2, -0.15) is 0 Å². The van der Waals surface area contributed by atoms with E-state index in [4.69, 9.17) is 9.26 Å². The number of sulfonamides is 1. The number of rotatable bonds is 6. The van der Waals surface area contributed by atoms with Gasteiger partial charge < -0.3 is 9.26 Å². The van der Waals surface area contributed by atoms with Crippen LogP contribution in [0, 0.1) is 0 Å². The topological polar surface area (TPSA) is 103 Å². The summed E-state index contributed by atoms with van der Waals surface area (Å²) in [6.45, 7) is 0.142. The second-order valence-electron chi connectivity index (χ2n) is 6.26. The number of hydrogen-bond donors (Lipinski definition) is 1. The molecule has 0 atom stereocenters. The Morgan fingerprint density at radius 1 is 1.07 bits per heavy atom. The zero-order valence-electron chi connectivity index (χ0n) is 15.4. The van der Waals surface area contributed by atoms with E-state index in [2.05, 4.69) is 9.88 Å². The summed E-state index contributed by atoms with van der Waals surface area (Å²) < 4.78 is 39.3. The van der Waals surface area contributed by atoms with Gasteiger partial charge in [-0.15, -0.1) is 0 Å². The van der Waals surface area contributed by atoms with E-state index in [0.717, 1.165) is 5.56 Å². The summed E-state index contributed by atoms with van der Waals surface area (Å²) in [5.41, 5.74) is 1.04. The van der Waals surface area contributed by atoms with Crippen molar-refractivity contribution in [1.29, 1.82) is 0 Å². The maximum atomic E-state index is 12.7. The standard InChI is InChI=1S/C20H17N3O5S/c1-27-16-5-2-14(3-6-16)13-21-29(25,26)17-7-8-18-15(12-17)4-9-20(24)23(18)19-10-11-28-22-19/h2-12,21H,13H2,1H3. The predicted octanol–water partition coefficient (Wildman–Crippen LogP) is 2.47. The van der Waals surface area contributed by atoms with Crippen molar-refractivity contribution in [3.8, 4) is 11.6 Å². The molecular weight excluding hydrogens is 394 g/mol. The number of nitrogens with one attached hydrogen (secondary N) is 1. The molecule has 0 saturated heterocycles. The number of aromatic nitrogens is 2. The molecule has 0 bridgehead atoms. The summed E-state index contributed by atoms with van der Waals surface area (Å²) in [6.07, 6.45) is 1.36. The van der Waals surface area contributed by atoms with Gasteiger partial charge in [-0.1, -0.05) is 17.3 Å². The first-order valence-electron chi connectivity index (χ1n) is 8.67. The molecule has 0 unspecified atom stereocenters. The summed E-state index contributed by atoms with van der Waals surface area (Å²) in [7, 11) is -2.18. The van der Waals surface area contributed by atoms with Crippen molar-refractivity contribution < 1.29 is 17.7 Å². The lowest BCUT2D eigenvalue weighted by Crippen LogP contribution is -2.23. The normalized spacial score (nSPS) is 11.6. The van der Waals surface area contributed by atoms with Crippen LogP contribution in [0.25, 0.3) is 16.7 Å². The highest BCUT2D eigenvalue weighted by molar-refractivity contribution is 7.89. The van der Waals surface area contributed by atoms with E-state index in [1.807, 2.05) is 0 Å². The van der Waals surface area contributed by atoms with E-state index in [1.165, 1.54) is 29.0 Å². The van der Waals surface area contributed by atoms with Crippen LogP contribution < -0.4 is 15.0 Å². The summed E-state index contributed by atoms with van der Waals surface area (Å²) in [5.74, 6) is 1.03. The predicted molar refractivity (Wildman–Crippen MR) is 107 cm³/mol. The third-order valence-corrected chi connectivity index (χ3v) is 5.85. The van der Waals surface area contributed by atoms with Crippen molar-refractivity contribution in [2.45, 2.75) is 11.4 Å². The number of hydrogen-bond acceptors (Lipinski definition) is 6. The van der Waals surface area contributed by atoms with Crippen LogP contribution in [0.3, 0.4) is 0 Å². The summed E-state index contributed by atoms with van der Waals surface area (Å²) >= 11 is 0. The highest BCUT2D eigenvalue weighted by atomic mass is 32.2. The summed E-state index contributed by atoms with van der Waals surface area (Å²) in [6, 6.07) is 16.2. The molecule has 0 aliphatic carbocycles. The number of pyridine rings is 1. The molecule has 0 radical (unpaired) electrons. The van der Waals surface area contributed by atoms with E-state index in [0.29, 0.717) is 22.5 Å². The number of ether oxygens (including phenoxy) is 1. The van der Waals surface area contributed by atoms with Crippen molar-refractivity contribution in [3.05, 3.63) is 82.8 Å². The van der Waals surface area contributed by atoms with E-state index < -0.39 is 10.0 Å². The fourth-order valence-electron chi connectivity index (χ4n) is 2.95. The lowest BCUT2D eigenvalue weighted by molar-refractivity contribution is 0.414. The van der Waals surface area contributed by atoms with Gasteiger partial charge in [-0.05, 0) is 42.0 Å². The molecular formula is C20H17N3O5S. The number of benzene rings is 2. The van der Waals surface area contributed by atoms with Crippen LogP contribution in [0.4, 0.5) is 0 Å². The first-order chi connectivity index (χ1) is 14.0. The Morgan fingerprint density at radius 2 is 1.86 bits per heavy atom. The van der Waals surface area contributed by atoms with Crippen LogP contribution in [0.5, 0.6) is 5.75 Å². The molecule has 2 aromatic carbocycles. The lowest BCUT2D eigenvalue weighted by Gasteiger charge is -2.10. The number of fused-ring (bicyclic) bond motifs is 1. The average Bonchev–Trinajstić information content (AvgIpc) is 3.26. The summed E-state index contributed by atoms with van der Waals surface area (Å²) in [4.78, 5) is 12.4. The molecule has 8 nitrogen and oxygen atoms in total. The minimum Gasteiger partial charge on any atom is -0.497 e. The van der Waals surface area contributed by atoms with E-state index >= 15 is 0 Å². The zero-order chi connectivity index (χ0) is 20.4. The molecule has 29 heavy (non-hydrogen) atoms. The summed E-state index contributed by atoms with van der Waals surface area (Å²) in [5, 5.41) is 4.38. The Hall–Kier alpha value is -3.43. The largest absolute Gasteiger partial charge is 0.497 e. The maximum absolute atomic E-state index is 12.7. The van der Waals surface area contributed by atoms with Crippen LogP contribution in [-0.4, -0.2) is 25.3 Å². The van der Waals surface area contributed by atoms with Crippen LogP contribution in [0.15, 0.2) is 81.1 Å². The van der Waals surface area contributed by atoms with Crippen molar-refractivity contribution in [3.63, 3.8) is 0 Å². The van der Waals surface area contributed by atoms with Gasteiger partial charge in [-0.25, -0.2) is 13.1 Å². The van der Waals surface area contributed by atoms with Gasteiger partial charge in [0, 0.05) is 24.1 Å². The third kappa shape index (κ3) is 3.78. The maximum Gasteiger partial charge on any atom is 0.256 e. The van der Waals surface area contributed by atoms with Crippen LogP contribution in [0.2, 0.25) is 0 Å². The highest BCUT2D eigenvalue weighted by Crippen LogP contribution is 2.20. The Balaban J connectivity index is 1.64. The zero-order valence-corrected chi connectivity index (χ0v) is 16.2. The second-order valence-corrected chi connectivity index (χ2v) is 8.02. The van der Waals surface area contributed by atoms with E-state index in [-0.39, 0.29) is 17.0 Å². The molecule has 148 valence electrons. The molecule has 0 spiro atoms. The fourth-order valence-corrected chi connectivity index (χ4v) is 4.01. The lowest BCUT2D eigenvalue weighted by atomic mass is 10.2. The van der Waals surface area contributed by atoms with Gasteiger partial charge in [0.25, 0.3) is 5.56 Å². The molecule has 0 amide bonds. The number of nitrogens with zero attached hydrogens (tertiary/aromatic N) is 2. The van der Waals surface area contributed by atoms with Crippen molar-refractivity contribution >= 4 is 20.9 Å². The first-order valence-corrected chi connectivity index (χ1v) is 10.2.